The van der Waals surface area contributed by atoms with Crippen LogP contribution in [0.25, 0.3) is 61.8 Å². The van der Waals surface area contributed by atoms with Crippen molar-refractivity contribution in [1.82, 2.24) is 15.0 Å². The van der Waals surface area contributed by atoms with E-state index >= 15 is 0 Å². The SMILES string of the molecule is C=Cc1sc(-c2ccccc2)nc1-c1ccc(-c2nc(-c3ccccc3)cc(-c3ccccc3)n2)cc1C. The number of hydrogen-bond donors (Lipinski definition) is 0. The molecule has 3 nitrogen and oxygen atoms in total. The van der Waals surface area contributed by atoms with E-state index in [9.17, 15) is 0 Å². The first-order valence-corrected chi connectivity index (χ1v) is 13.3. The highest BCUT2D eigenvalue weighted by Gasteiger charge is 2.16. The Balaban J connectivity index is 1.44. The summed E-state index contributed by atoms with van der Waals surface area (Å²) in [5.74, 6) is 0.701. The normalized spacial score (nSPS) is 10.9. The van der Waals surface area contributed by atoms with Crippen LogP contribution in [-0.4, -0.2) is 15.0 Å². The molecule has 0 aliphatic heterocycles. The van der Waals surface area contributed by atoms with Gasteiger partial charge in [0, 0.05) is 27.8 Å². The van der Waals surface area contributed by atoms with Crippen molar-refractivity contribution in [3.63, 3.8) is 0 Å². The van der Waals surface area contributed by atoms with Crippen LogP contribution in [0.3, 0.4) is 0 Å². The molecule has 4 heteroatoms. The van der Waals surface area contributed by atoms with Gasteiger partial charge in [-0.05, 0) is 30.7 Å². The lowest BCUT2D eigenvalue weighted by Gasteiger charge is -2.11. The first-order chi connectivity index (χ1) is 18.7. The summed E-state index contributed by atoms with van der Waals surface area (Å²) in [6.07, 6.45) is 1.89. The van der Waals surface area contributed by atoms with Gasteiger partial charge in [-0.2, -0.15) is 0 Å². The van der Waals surface area contributed by atoms with Crippen LogP contribution >= 0.6 is 11.3 Å². The standard InChI is InChI=1S/C34H25N3S/c1-3-31-32(37-34(38-31)26-17-11-6-12-18-26)28-20-19-27(21-23(28)2)33-35-29(24-13-7-4-8-14-24)22-30(36-33)25-15-9-5-10-16-25/h3-22H,1H2,2H3. The van der Waals surface area contributed by atoms with Crippen molar-refractivity contribution in [2.75, 3.05) is 0 Å². The summed E-state index contributed by atoms with van der Waals surface area (Å²) in [6, 6.07) is 39.2. The molecular formula is C34H25N3S. The second-order valence-corrected chi connectivity index (χ2v) is 10.1. The summed E-state index contributed by atoms with van der Waals surface area (Å²) >= 11 is 1.66. The minimum absolute atomic E-state index is 0.701. The van der Waals surface area contributed by atoms with E-state index in [4.69, 9.17) is 15.0 Å². The Hall–Kier alpha value is -4.67. The van der Waals surface area contributed by atoms with Crippen molar-refractivity contribution in [2.45, 2.75) is 6.92 Å². The van der Waals surface area contributed by atoms with Gasteiger partial charge in [0.15, 0.2) is 5.82 Å². The van der Waals surface area contributed by atoms with Crippen LogP contribution in [0.15, 0.2) is 122 Å². The van der Waals surface area contributed by atoms with Gasteiger partial charge in [-0.3, -0.25) is 0 Å². The highest BCUT2D eigenvalue weighted by Crippen LogP contribution is 2.37. The largest absolute Gasteiger partial charge is 0.235 e. The average molecular weight is 508 g/mol. The van der Waals surface area contributed by atoms with E-state index in [-0.39, 0.29) is 0 Å². The highest BCUT2D eigenvalue weighted by molar-refractivity contribution is 7.16. The maximum atomic E-state index is 5.01. The maximum absolute atomic E-state index is 5.01. The second kappa shape index (κ2) is 10.4. The fourth-order valence-corrected chi connectivity index (χ4v) is 5.46. The lowest BCUT2D eigenvalue weighted by molar-refractivity contribution is 1.18. The third kappa shape index (κ3) is 4.70. The number of thiazole rings is 1. The molecule has 6 aromatic rings. The maximum Gasteiger partial charge on any atom is 0.160 e. The quantitative estimate of drug-likeness (QED) is 0.225. The van der Waals surface area contributed by atoms with Gasteiger partial charge < -0.3 is 0 Å². The zero-order valence-corrected chi connectivity index (χ0v) is 21.8. The summed E-state index contributed by atoms with van der Waals surface area (Å²) in [5.41, 5.74) is 9.17. The Kier molecular flexibility index (Phi) is 6.47. The third-order valence-electron chi connectivity index (χ3n) is 6.46. The van der Waals surface area contributed by atoms with Crippen molar-refractivity contribution in [1.29, 1.82) is 0 Å². The molecule has 0 amide bonds. The van der Waals surface area contributed by atoms with E-state index in [1.54, 1.807) is 11.3 Å². The van der Waals surface area contributed by atoms with Gasteiger partial charge in [-0.25, -0.2) is 15.0 Å². The predicted molar refractivity (Wildman–Crippen MR) is 160 cm³/mol. The van der Waals surface area contributed by atoms with Crippen LogP contribution < -0.4 is 0 Å². The molecule has 0 fully saturated rings. The molecule has 0 atom stereocenters. The third-order valence-corrected chi connectivity index (χ3v) is 7.56. The number of nitrogens with zero attached hydrogens (tertiary/aromatic N) is 3. The molecule has 0 bridgehead atoms. The molecular weight excluding hydrogens is 482 g/mol. The molecule has 0 aliphatic rings. The highest BCUT2D eigenvalue weighted by atomic mass is 32.1. The van der Waals surface area contributed by atoms with E-state index in [0.29, 0.717) is 5.82 Å². The molecule has 6 rings (SSSR count). The Morgan fingerprint density at radius 1 is 0.605 bits per heavy atom. The zero-order valence-electron chi connectivity index (χ0n) is 21.0. The predicted octanol–water partition coefficient (Wildman–Crippen LogP) is 9.22. The molecule has 0 N–H and O–H groups in total. The van der Waals surface area contributed by atoms with Crippen LogP contribution in [0, 0.1) is 6.92 Å². The van der Waals surface area contributed by atoms with Gasteiger partial charge in [0.05, 0.1) is 22.0 Å². The summed E-state index contributed by atoms with van der Waals surface area (Å²) in [4.78, 5) is 16.0. The Bertz CT molecular complexity index is 1670. The van der Waals surface area contributed by atoms with Crippen LogP contribution in [0.4, 0.5) is 0 Å². The van der Waals surface area contributed by atoms with Gasteiger partial charge in [0.1, 0.15) is 5.01 Å². The van der Waals surface area contributed by atoms with Gasteiger partial charge >= 0.3 is 0 Å². The van der Waals surface area contributed by atoms with Crippen LogP contribution in [0.5, 0.6) is 0 Å². The van der Waals surface area contributed by atoms with E-state index in [1.165, 1.54) is 0 Å². The molecule has 2 heterocycles. The van der Waals surface area contributed by atoms with E-state index in [2.05, 4.69) is 74.2 Å². The molecule has 0 saturated heterocycles. The smallest absolute Gasteiger partial charge is 0.160 e. The topological polar surface area (TPSA) is 38.7 Å². The molecule has 0 aliphatic carbocycles. The Morgan fingerprint density at radius 2 is 1.16 bits per heavy atom. The molecule has 0 unspecified atom stereocenters. The van der Waals surface area contributed by atoms with Gasteiger partial charge in [0.2, 0.25) is 0 Å². The van der Waals surface area contributed by atoms with Crippen LogP contribution in [0.2, 0.25) is 0 Å². The fraction of sp³-hybridized carbons (Fsp3) is 0.0294. The molecule has 4 aromatic carbocycles. The summed E-state index contributed by atoms with van der Waals surface area (Å²) in [5, 5.41) is 0.991. The Labute approximate surface area is 226 Å². The minimum atomic E-state index is 0.701. The molecule has 0 radical (unpaired) electrons. The molecule has 0 saturated carbocycles. The zero-order chi connectivity index (χ0) is 25.9. The molecule has 182 valence electrons. The minimum Gasteiger partial charge on any atom is -0.235 e. The van der Waals surface area contributed by atoms with E-state index in [0.717, 1.165) is 60.3 Å². The van der Waals surface area contributed by atoms with Crippen LogP contribution in [-0.2, 0) is 0 Å². The average Bonchev–Trinajstić information content (AvgIpc) is 3.42. The van der Waals surface area contributed by atoms with E-state index in [1.807, 2.05) is 60.7 Å². The van der Waals surface area contributed by atoms with Gasteiger partial charge in [-0.15, -0.1) is 11.3 Å². The fourth-order valence-electron chi connectivity index (χ4n) is 4.53. The van der Waals surface area contributed by atoms with Crippen molar-refractivity contribution in [3.8, 4) is 55.7 Å². The number of benzene rings is 4. The lowest BCUT2D eigenvalue weighted by atomic mass is 10.0. The lowest BCUT2D eigenvalue weighted by Crippen LogP contribution is -1.97. The van der Waals surface area contributed by atoms with Gasteiger partial charge in [0.25, 0.3) is 0 Å². The first-order valence-electron chi connectivity index (χ1n) is 12.5. The summed E-state index contributed by atoms with van der Waals surface area (Å²) in [6.45, 7) is 6.16. The second-order valence-electron chi connectivity index (χ2n) is 9.03. The van der Waals surface area contributed by atoms with Crippen molar-refractivity contribution >= 4 is 17.4 Å². The molecule has 0 spiro atoms. The first kappa shape index (κ1) is 23.7. The number of hydrogen-bond acceptors (Lipinski definition) is 4. The summed E-state index contributed by atoms with van der Waals surface area (Å²) < 4.78 is 0. The van der Waals surface area contributed by atoms with Crippen molar-refractivity contribution in [3.05, 3.63) is 132 Å². The molecule has 38 heavy (non-hydrogen) atoms. The number of aryl methyl sites for hydroxylation is 1. The van der Waals surface area contributed by atoms with E-state index < -0.39 is 0 Å². The monoisotopic (exact) mass is 507 g/mol. The van der Waals surface area contributed by atoms with Crippen LogP contribution in [0.1, 0.15) is 10.4 Å². The Morgan fingerprint density at radius 3 is 1.68 bits per heavy atom. The number of rotatable bonds is 6. The molecule has 2 aromatic heterocycles. The van der Waals surface area contributed by atoms with Gasteiger partial charge in [-0.1, -0.05) is 110 Å². The number of aromatic nitrogens is 3. The summed E-state index contributed by atoms with van der Waals surface area (Å²) in [7, 11) is 0. The van der Waals surface area contributed by atoms with Crippen molar-refractivity contribution < 1.29 is 0 Å². The van der Waals surface area contributed by atoms with Crippen molar-refractivity contribution in [2.24, 2.45) is 0 Å².